The molecule has 4 aliphatic rings. The van der Waals surface area contributed by atoms with Crippen LogP contribution in [0.3, 0.4) is 0 Å². The van der Waals surface area contributed by atoms with E-state index in [1.165, 1.54) is 25.7 Å². The fourth-order valence-corrected chi connectivity index (χ4v) is 3.06. The highest BCUT2D eigenvalue weighted by Gasteiger charge is 2.50. The van der Waals surface area contributed by atoms with E-state index in [1.54, 1.807) is 0 Å². The van der Waals surface area contributed by atoms with Crippen LogP contribution >= 0.6 is 0 Å². The summed E-state index contributed by atoms with van der Waals surface area (Å²) in [7, 11) is 0. The molecule has 1 aliphatic heterocycles. The van der Waals surface area contributed by atoms with E-state index in [1.807, 2.05) is 0 Å². The Labute approximate surface area is 71.5 Å². The van der Waals surface area contributed by atoms with Crippen molar-refractivity contribution >= 4 is 6.09 Å². The predicted octanol–water partition coefficient (Wildman–Crippen LogP) is 1.28. The van der Waals surface area contributed by atoms with Crippen molar-refractivity contribution in [3.63, 3.8) is 0 Å². The summed E-state index contributed by atoms with van der Waals surface area (Å²) in [5, 5.41) is 2.93. The van der Waals surface area contributed by atoms with Gasteiger partial charge in [-0.1, -0.05) is 0 Å². The molecule has 0 aromatic rings. The molecule has 4 rings (SSSR count). The predicted molar refractivity (Wildman–Crippen MR) is 42.6 cm³/mol. The van der Waals surface area contributed by atoms with Gasteiger partial charge < -0.3 is 10.1 Å². The summed E-state index contributed by atoms with van der Waals surface area (Å²) < 4.78 is 5.25. The van der Waals surface area contributed by atoms with Gasteiger partial charge in [-0.15, -0.1) is 0 Å². The Bertz CT molecular complexity index is 199. The molecule has 2 atom stereocenters. The molecule has 3 aliphatic carbocycles. The molecule has 3 nitrogen and oxygen atoms in total. The second kappa shape index (κ2) is 2.15. The van der Waals surface area contributed by atoms with Crippen LogP contribution in [0.2, 0.25) is 0 Å². The normalized spacial score (nSPS) is 49.8. The number of amides is 1. The summed E-state index contributed by atoms with van der Waals surface area (Å²) in [6, 6.07) is 0.352. The molecule has 66 valence electrons. The summed E-state index contributed by atoms with van der Waals surface area (Å²) in [5.41, 5.74) is 0. The molecule has 1 heterocycles. The van der Waals surface area contributed by atoms with Crippen LogP contribution in [-0.2, 0) is 4.74 Å². The number of hydrogen-bond acceptors (Lipinski definition) is 2. The third kappa shape index (κ3) is 0.740. The van der Waals surface area contributed by atoms with E-state index < -0.39 is 0 Å². The second-order valence-corrected chi connectivity index (χ2v) is 4.21. The van der Waals surface area contributed by atoms with E-state index in [9.17, 15) is 4.79 Å². The first kappa shape index (κ1) is 6.75. The van der Waals surface area contributed by atoms with Crippen molar-refractivity contribution in [3.8, 4) is 0 Å². The van der Waals surface area contributed by atoms with Gasteiger partial charge in [0.1, 0.15) is 6.10 Å². The van der Waals surface area contributed by atoms with Crippen molar-refractivity contribution in [2.75, 3.05) is 0 Å². The first-order valence-corrected chi connectivity index (χ1v) is 4.82. The lowest BCUT2D eigenvalue weighted by atomic mass is 9.66. The van der Waals surface area contributed by atoms with Gasteiger partial charge in [0.05, 0.1) is 6.04 Å². The van der Waals surface area contributed by atoms with E-state index in [0.29, 0.717) is 17.9 Å². The summed E-state index contributed by atoms with van der Waals surface area (Å²) in [5.74, 6) is 1.35. The fraction of sp³-hybridized carbons (Fsp3) is 0.889. The minimum Gasteiger partial charge on any atom is -0.444 e. The molecule has 1 N–H and O–H groups in total. The fourth-order valence-electron chi connectivity index (χ4n) is 3.06. The van der Waals surface area contributed by atoms with Crippen molar-refractivity contribution in [2.24, 2.45) is 11.8 Å². The van der Waals surface area contributed by atoms with Crippen LogP contribution in [0.4, 0.5) is 4.79 Å². The Kier molecular flexibility index (Phi) is 1.21. The standard InChI is InChI=1S/C9H13NO2/c11-9-10-7-5-1-3-6(4-2-5)8(7)12-9/h5-8H,1-4H2,(H,10,11)/t5?,6?,7-,8+/m0/s1. The van der Waals surface area contributed by atoms with Crippen LogP contribution in [0.15, 0.2) is 0 Å². The maximum Gasteiger partial charge on any atom is 0.407 e. The van der Waals surface area contributed by atoms with Gasteiger partial charge in [-0.2, -0.15) is 0 Å². The van der Waals surface area contributed by atoms with Crippen LogP contribution in [-0.4, -0.2) is 18.2 Å². The van der Waals surface area contributed by atoms with Gasteiger partial charge >= 0.3 is 6.09 Å². The van der Waals surface area contributed by atoms with E-state index in [0.717, 1.165) is 0 Å². The molecule has 1 saturated heterocycles. The van der Waals surface area contributed by atoms with Crippen molar-refractivity contribution in [2.45, 2.75) is 37.8 Å². The molecule has 4 fully saturated rings. The number of rotatable bonds is 0. The largest absolute Gasteiger partial charge is 0.444 e. The highest BCUT2D eigenvalue weighted by atomic mass is 16.6. The number of nitrogens with one attached hydrogen (secondary N) is 1. The van der Waals surface area contributed by atoms with Crippen molar-refractivity contribution in [1.29, 1.82) is 0 Å². The Morgan fingerprint density at radius 2 is 1.83 bits per heavy atom. The van der Waals surface area contributed by atoms with Gasteiger partial charge in [0, 0.05) is 0 Å². The molecule has 12 heavy (non-hydrogen) atoms. The van der Waals surface area contributed by atoms with Crippen LogP contribution in [0.1, 0.15) is 25.7 Å². The van der Waals surface area contributed by atoms with Crippen molar-refractivity contribution < 1.29 is 9.53 Å². The van der Waals surface area contributed by atoms with Gasteiger partial charge in [0.2, 0.25) is 0 Å². The Morgan fingerprint density at radius 1 is 1.17 bits per heavy atom. The molecular weight excluding hydrogens is 154 g/mol. The second-order valence-electron chi connectivity index (χ2n) is 4.21. The Balaban J connectivity index is 1.90. The van der Waals surface area contributed by atoms with Crippen molar-refractivity contribution in [1.82, 2.24) is 5.32 Å². The smallest absolute Gasteiger partial charge is 0.407 e. The minimum absolute atomic E-state index is 0.191. The highest BCUT2D eigenvalue weighted by Crippen LogP contribution is 2.44. The lowest BCUT2D eigenvalue weighted by molar-refractivity contribution is 0.00742. The van der Waals surface area contributed by atoms with Crippen LogP contribution in [0.5, 0.6) is 0 Å². The topological polar surface area (TPSA) is 38.3 Å². The molecular formula is C9H13NO2. The average Bonchev–Trinajstić information content (AvgIpc) is 2.49. The molecule has 0 spiro atoms. The monoisotopic (exact) mass is 167 g/mol. The first-order chi connectivity index (χ1) is 5.84. The average molecular weight is 167 g/mol. The van der Waals surface area contributed by atoms with Gasteiger partial charge in [-0.25, -0.2) is 4.79 Å². The zero-order valence-corrected chi connectivity index (χ0v) is 6.95. The van der Waals surface area contributed by atoms with Gasteiger partial charge in [-0.3, -0.25) is 0 Å². The van der Waals surface area contributed by atoms with E-state index in [4.69, 9.17) is 4.74 Å². The van der Waals surface area contributed by atoms with Gasteiger partial charge in [-0.05, 0) is 37.5 Å². The third-order valence-corrected chi connectivity index (χ3v) is 3.67. The summed E-state index contributed by atoms with van der Waals surface area (Å²) in [6.45, 7) is 0. The van der Waals surface area contributed by atoms with Crippen LogP contribution in [0, 0.1) is 11.8 Å². The molecule has 0 unspecified atom stereocenters. The molecule has 0 aromatic heterocycles. The van der Waals surface area contributed by atoms with E-state index in [2.05, 4.69) is 5.32 Å². The zero-order chi connectivity index (χ0) is 8.13. The third-order valence-electron chi connectivity index (χ3n) is 3.67. The van der Waals surface area contributed by atoms with Gasteiger partial charge in [0.25, 0.3) is 0 Å². The highest BCUT2D eigenvalue weighted by molar-refractivity contribution is 5.70. The van der Waals surface area contributed by atoms with Gasteiger partial charge in [0.15, 0.2) is 0 Å². The number of carbonyl (C=O) groups excluding carboxylic acids is 1. The Morgan fingerprint density at radius 3 is 2.50 bits per heavy atom. The molecule has 2 bridgehead atoms. The van der Waals surface area contributed by atoms with Crippen LogP contribution in [0.25, 0.3) is 0 Å². The quantitative estimate of drug-likeness (QED) is 0.590. The number of hydrogen-bond donors (Lipinski definition) is 1. The summed E-state index contributed by atoms with van der Waals surface area (Å²) in [6.07, 6.45) is 5.13. The molecule has 0 aromatic carbocycles. The van der Waals surface area contributed by atoms with E-state index in [-0.39, 0.29) is 12.2 Å². The maximum absolute atomic E-state index is 11.0. The van der Waals surface area contributed by atoms with Crippen LogP contribution < -0.4 is 5.32 Å². The molecule has 3 saturated carbocycles. The lowest BCUT2D eigenvalue weighted by Gasteiger charge is -2.42. The first-order valence-electron chi connectivity index (χ1n) is 4.82. The molecule has 3 heteroatoms. The number of ether oxygens (including phenoxy) is 1. The van der Waals surface area contributed by atoms with Crippen molar-refractivity contribution in [3.05, 3.63) is 0 Å². The number of carbonyl (C=O) groups is 1. The van der Waals surface area contributed by atoms with E-state index >= 15 is 0 Å². The number of fused-ring (bicyclic) bond motifs is 2. The summed E-state index contributed by atoms with van der Waals surface area (Å²) >= 11 is 0. The maximum atomic E-state index is 11.0. The summed E-state index contributed by atoms with van der Waals surface area (Å²) in [4.78, 5) is 11.0. The minimum atomic E-state index is -0.191. The Hall–Kier alpha value is -0.730. The SMILES string of the molecule is O=C1N[C@H]2C3CCC(CC3)[C@H]2O1. The number of alkyl carbamates (subject to hydrolysis) is 1. The lowest BCUT2D eigenvalue weighted by Crippen LogP contribution is -2.49. The zero-order valence-electron chi connectivity index (χ0n) is 6.95. The molecule has 1 amide bonds. The molecule has 0 radical (unpaired) electrons.